The lowest BCUT2D eigenvalue weighted by molar-refractivity contribution is -0.915. The van der Waals surface area contributed by atoms with Gasteiger partial charge in [-0.05, 0) is 30.3 Å². The Bertz CT molecular complexity index is 993. The molecule has 0 bridgehead atoms. The van der Waals surface area contributed by atoms with Crippen LogP contribution in [0.5, 0.6) is 5.75 Å². The number of hydrogen-bond donors (Lipinski definition) is 1. The fourth-order valence-electron chi connectivity index (χ4n) is 3.84. The summed E-state index contributed by atoms with van der Waals surface area (Å²) in [7, 11) is 1.70. The number of ether oxygens (including phenoxy) is 1. The maximum absolute atomic E-state index is 11.3. The van der Waals surface area contributed by atoms with Crippen LogP contribution in [-0.4, -0.2) is 38.2 Å². The Morgan fingerprint density at radius 3 is 2.55 bits per heavy atom. The van der Waals surface area contributed by atoms with Gasteiger partial charge in [-0.15, -0.1) is 0 Å². The van der Waals surface area contributed by atoms with Crippen molar-refractivity contribution in [1.82, 2.24) is 0 Å². The summed E-state index contributed by atoms with van der Waals surface area (Å²) < 4.78 is 11.4. The standard InChI is InChI=1S/C22H23N3O4/c1-28-22-9-5-4-8-20(22)24-14-12-23(13-15-24)16-17-10-11-21(29-17)18-6-2-3-7-19(18)25(26)27/h2-11H,12-16H2,1H3/p+1. The zero-order chi connectivity index (χ0) is 20.2. The first-order valence-electron chi connectivity index (χ1n) is 9.70. The Hall–Kier alpha value is -3.32. The van der Waals surface area contributed by atoms with Crippen LogP contribution < -0.4 is 14.5 Å². The van der Waals surface area contributed by atoms with Gasteiger partial charge in [0, 0.05) is 6.07 Å². The maximum Gasteiger partial charge on any atom is 0.280 e. The zero-order valence-corrected chi connectivity index (χ0v) is 16.3. The van der Waals surface area contributed by atoms with Gasteiger partial charge in [0.25, 0.3) is 5.69 Å². The molecule has 0 aliphatic carbocycles. The quantitative estimate of drug-likeness (QED) is 0.514. The highest BCUT2D eigenvalue weighted by Gasteiger charge is 2.24. The van der Waals surface area contributed by atoms with Gasteiger partial charge in [0.15, 0.2) is 5.76 Å². The van der Waals surface area contributed by atoms with Crippen molar-refractivity contribution in [3.63, 3.8) is 0 Å². The number of nitro benzene ring substituents is 1. The Morgan fingerprint density at radius 2 is 1.79 bits per heavy atom. The maximum atomic E-state index is 11.3. The number of nitrogens with one attached hydrogen (secondary N) is 1. The van der Waals surface area contributed by atoms with Crippen molar-refractivity contribution in [3.05, 3.63) is 76.5 Å². The van der Waals surface area contributed by atoms with Crippen LogP contribution in [0.1, 0.15) is 5.76 Å². The smallest absolute Gasteiger partial charge is 0.280 e. The molecule has 4 rings (SSSR count). The van der Waals surface area contributed by atoms with Crippen LogP contribution in [0, 0.1) is 10.1 Å². The molecular weight excluding hydrogens is 370 g/mol. The van der Waals surface area contributed by atoms with E-state index in [0.29, 0.717) is 11.3 Å². The lowest BCUT2D eigenvalue weighted by Gasteiger charge is -2.33. The minimum Gasteiger partial charge on any atom is -0.495 e. The summed E-state index contributed by atoms with van der Waals surface area (Å²) in [5.41, 5.74) is 1.71. The summed E-state index contributed by atoms with van der Waals surface area (Å²) in [6.45, 7) is 4.61. The number of methoxy groups -OCH3 is 1. The monoisotopic (exact) mass is 394 g/mol. The molecule has 2 heterocycles. The van der Waals surface area contributed by atoms with E-state index in [4.69, 9.17) is 9.15 Å². The lowest BCUT2D eigenvalue weighted by Crippen LogP contribution is -3.13. The number of nitro groups is 1. The number of para-hydroxylation sites is 3. The third-order valence-corrected chi connectivity index (χ3v) is 5.35. The predicted octanol–water partition coefficient (Wildman–Crippen LogP) is 2.77. The van der Waals surface area contributed by atoms with Gasteiger partial charge in [0.2, 0.25) is 0 Å². The highest BCUT2D eigenvalue weighted by atomic mass is 16.6. The number of hydrogen-bond acceptors (Lipinski definition) is 5. The second kappa shape index (κ2) is 8.36. The van der Waals surface area contributed by atoms with Crippen LogP contribution >= 0.6 is 0 Å². The molecule has 0 amide bonds. The number of nitrogens with zero attached hydrogens (tertiary/aromatic N) is 2. The molecule has 0 saturated carbocycles. The molecule has 150 valence electrons. The summed E-state index contributed by atoms with van der Waals surface area (Å²) in [5, 5.41) is 11.3. The van der Waals surface area contributed by atoms with E-state index in [1.54, 1.807) is 25.3 Å². The summed E-state index contributed by atoms with van der Waals surface area (Å²) in [4.78, 5) is 14.7. The molecule has 1 N–H and O–H groups in total. The first kappa shape index (κ1) is 19.0. The van der Waals surface area contributed by atoms with E-state index < -0.39 is 0 Å². The van der Waals surface area contributed by atoms with Gasteiger partial charge in [-0.3, -0.25) is 10.1 Å². The molecule has 0 unspecified atom stereocenters. The molecule has 7 heteroatoms. The zero-order valence-electron chi connectivity index (χ0n) is 16.3. The average Bonchev–Trinajstić information content (AvgIpc) is 3.22. The van der Waals surface area contributed by atoms with Crippen LogP contribution in [-0.2, 0) is 6.54 Å². The second-order valence-electron chi connectivity index (χ2n) is 7.13. The molecule has 1 fully saturated rings. The summed E-state index contributed by atoms with van der Waals surface area (Å²) in [6.07, 6.45) is 0. The minimum absolute atomic E-state index is 0.0613. The molecule has 7 nitrogen and oxygen atoms in total. The Balaban J connectivity index is 1.40. The molecule has 2 aromatic carbocycles. The number of quaternary nitrogens is 1. The summed E-state index contributed by atoms with van der Waals surface area (Å²) in [5.74, 6) is 2.29. The fourth-order valence-corrected chi connectivity index (χ4v) is 3.84. The largest absolute Gasteiger partial charge is 0.495 e. The molecular formula is C22H24N3O4+. The predicted molar refractivity (Wildman–Crippen MR) is 110 cm³/mol. The van der Waals surface area contributed by atoms with E-state index in [1.165, 1.54) is 11.0 Å². The molecule has 0 atom stereocenters. The van der Waals surface area contributed by atoms with E-state index in [9.17, 15) is 10.1 Å². The van der Waals surface area contributed by atoms with E-state index in [1.807, 2.05) is 30.3 Å². The van der Waals surface area contributed by atoms with Gasteiger partial charge in [0.05, 0.1) is 49.5 Å². The number of furan rings is 1. The van der Waals surface area contributed by atoms with Crippen molar-refractivity contribution in [2.24, 2.45) is 0 Å². The van der Waals surface area contributed by atoms with Crippen molar-refractivity contribution in [3.8, 4) is 17.1 Å². The highest BCUT2D eigenvalue weighted by molar-refractivity contribution is 5.69. The van der Waals surface area contributed by atoms with E-state index >= 15 is 0 Å². The highest BCUT2D eigenvalue weighted by Crippen LogP contribution is 2.31. The van der Waals surface area contributed by atoms with E-state index in [-0.39, 0.29) is 10.6 Å². The Labute approximate surface area is 169 Å². The third kappa shape index (κ3) is 4.09. The molecule has 0 spiro atoms. The molecule has 29 heavy (non-hydrogen) atoms. The molecule has 1 aliphatic heterocycles. The third-order valence-electron chi connectivity index (χ3n) is 5.35. The number of piperazine rings is 1. The van der Waals surface area contributed by atoms with Gasteiger partial charge in [-0.25, -0.2) is 0 Å². The Kier molecular flexibility index (Phi) is 5.48. The van der Waals surface area contributed by atoms with E-state index in [2.05, 4.69) is 11.0 Å². The van der Waals surface area contributed by atoms with Crippen LogP contribution in [0.4, 0.5) is 11.4 Å². The SMILES string of the molecule is COc1ccccc1N1CC[NH+](Cc2ccc(-c3ccccc3[N+](=O)[O-])o2)CC1. The summed E-state index contributed by atoms with van der Waals surface area (Å²) in [6, 6.07) is 18.5. The van der Waals surface area contributed by atoms with Crippen molar-refractivity contribution in [2.45, 2.75) is 6.54 Å². The van der Waals surface area contributed by atoms with Gasteiger partial charge >= 0.3 is 0 Å². The van der Waals surface area contributed by atoms with Crippen LogP contribution in [0.2, 0.25) is 0 Å². The van der Waals surface area contributed by atoms with Gasteiger partial charge < -0.3 is 19.0 Å². The van der Waals surface area contributed by atoms with Crippen molar-refractivity contribution < 1.29 is 19.0 Å². The molecule has 0 radical (unpaired) electrons. The van der Waals surface area contributed by atoms with Crippen LogP contribution in [0.15, 0.2) is 65.1 Å². The van der Waals surface area contributed by atoms with Crippen molar-refractivity contribution in [1.29, 1.82) is 0 Å². The number of benzene rings is 2. The van der Waals surface area contributed by atoms with Crippen molar-refractivity contribution in [2.75, 3.05) is 38.2 Å². The topological polar surface area (TPSA) is 73.2 Å². The van der Waals surface area contributed by atoms with Crippen LogP contribution in [0.3, 0.4) is 0 Å². The van der Waals surface area contributed by atoms with Crippen LogP contribution in [0.25, 0.3) is 11.3 Å². The lowest BCUT2D eigenvalue weighted by atomic mass is 10.1. The molecule has 3 aromatic rings. The summed E-state index contributed by atoms with van der Waals surface area (Å²) >= 11 is 0. The first-order chi connectivity index (χ1) is 14.2. The Morgan fingerprint density at radius 1 is 1.07 bits per heavy atom. The number of rotatable bonds is 6. The fraction of sp³-hybridized carbons (Fsp3) is 0.273. The van der Waals surface area contributed by atoms with Gasteiger partial charge in [0.1, 0.15) is 18.1 Å². The number of anilines is 1. The van der Waals surface area contributed by atoms with Gasteiger partial charge in [-0.1, -0.05) is 24.3 Å². The molecule has 1 aliphatic rings. The first-order valence-corrected chi connectivity index (χ1v) is 9.70. The van der Waals surface area contributed by atoms with Gasteiger partial charge in [-0.2, -0.15) is 0 Å². The molecule has 1 aromatic heterocycles. The second-order valence-corrected chi connectivity index (χ2v) is 7.13. The molecule has 1 saturated heterocycles. The normalized spacial score (nSPS) is 14.7. The van der Waals surface area contributed by atoms with E-state index in [0.717, 1.165) is 49.9 Å². The average molecular weight is 394 g/mol. The van der Waals surface area contributed by atoms with Crippen molar-refractivity contribution >= 4 is 11.4 Å². The minimum atomic E-state index is -0.375.